The van der Waals surface area contributed by atoms with Gasteiger partial charge in [-0.15, -0.1) is 0 Å². The molecular weight excluding hydrogens is 300 g/mol. The van der Waals surface area contributed by atoms with E-state index < -0.39 is 0 Å². The van der Waals surface area contributed by atoms with Gasteiger partial charge in [-0.05, 0) is 37.9 Å². The van der Waals surface area contributed by atoms with E-state index in [9.17, 15) is 4.79 Å². The summed E-state index contributed by atoms with van der Waals surface area (Å²) in [6, 6.07) is 8.93. The molecule has 5 nitrogen and oxygen atoms in total. The second-order valence-electron chi connectivity index (χ2n) is 7.02. The maximum atomic E-state index is 12.7. The Kier molecular flexibility index (Phi) is 4.27. The maximum absolute atomic E-state index is 12.7. The average molecular weight is 326 g/mol. The quantitative estimate of drug-likeness (QED) is 0.938. The number of carbonyl (C=O) groups is 1. The monoisotopic (exact) mass is 326 g/mol. The number of hydrogen-bond donors (Lipinski definition) is 1. The molecule has 3 heterocycles. The first-order valence-electron chi connectivity index (χ1n) is 9.24. The number of amides is 1. The van der Waals surface area contributed by atoms with Crippen LogP contribution in [0.2, 0.25) is 0 Å². The molecular formula is C19H26N4O. The summed E-state index contributed by atoms with van der Waals surface area (Å²) in [4.78, 5) is 19.9. The van der Waals surface area contributed by atoms with Crippen molar-refractivity contribution in [2.75, 3.05) is 13.1 Å². The molecule has 2 aliphatic heterocycles. The molecule has 0 saturated carbocycles. The van der Waals surface area contributed by atoms with Gasteiger partial charge in [0.15, 0.2) is 0 Å². The number of fused-ring (bicyclic) bond motifs is 2. The van der Waals surface area contributed by atoms with Gasteiger partial charge in [-0.1, -0.05) is 25.5 Å². The smallest absolute Gasteiger partial charge is 0.240 e. The van der Waals surface area contributed by atoms with Crippen LogP contribution >= 0.6 is 0 Å². The van der Waals surface area contributed by atoms with Crippen molar-refractivity contribution in [3.05, 3.63) is 30.1 Å². The highest BCUT2D eigenvalue weighted by Gasteiger charge is 2.36. The summed E-state index contributed by atoms with van der Waals surface area (Å²) < 4.78 is 2.07. The predicted octanol–water partition coefficient (Wildman–Crippen LogP) is 2.34. The summed E-state index contributed by atoms with van der Waals surface area (Å²) in [7, 11) is 0. The molecule has 5 heteroatoms. The Labute approximate surface area is 143 Å². The third-order valence-corrected chi connectivity index (χ3v) is 5.55. The van der Waals surface area contributed by atoms with Crippen LogP contribution in [0.5, 0.6) is 0 Å². The van der Waals surface area contributed by atoms with E-state index >= 15 is 0 Å². The molecule has 4 rings (SSSR count). The molecule has 2 aliphatic rings. The normalized spacial score (nSPS) is 24.2. The Morgan fingerprint density at radius 3 is 3.00 bits per heavy atom. The molecule has 0 radical (unpaired) electrons. The van der Waals surface area contributed by atoms with Crippen LogP contribution in [0.4, 0.5) is 0 Å². The van der Waals surface area contributed by atoms with Gasteiger partial charge < -0.3 is 9.88 Å². The lowest BCUT2D eigenvalue weighted by molar-refractivity contribution is -0.122. The van der Waals surface area contributed by atoms with Gasteiger partial charge in [0, 0.05) is 25.0 Å². The molecule has 2 aromatic rings. The number of rotatable bonds is 4. The number of benzene rings is 1. The highest BCUT2D eigenvalue weighted by molar-refractivity contribution is 5.81. The van der Waals surface area contributed by atoms with Crippen LogP contribution in [0.15, 0.2) is 24.3 Å². The first-order valence-corrected chi connectivity index (χ1v) is 9.24. The largest absolute Gasteiger partial charge is 0.350 e. The molecule has 1 N–H and O–H groups in total. The number of nitrogens with zero attached hydrogens (tertiary/aromatic N) is 3. The fourth-order valence-electron chi connectivity index (χ4n) is 4.38. The second kappa shape index (κ2) is 6.55. The van der Waals surface area contributed by atoms with Crippen LogP contribution in [0.25, 0.3) is 11.0 Å². The zero-order chi connectivity index (χ0) is 16.5. The molecule has 0 aliphatic carbocycles. The Bertz CT molecular complexity index is 738. The van der Waals surface area contributed by atoms with Gasteiger partial charge in [0.1, 0.15) is 12.4 Å². The minimum atomic E-state index is 0.116. The van der Waals surface area contributed by atoms with Crippen molar-refractivity contribution in [3.63, 3.8) is 0 Å². The van der Waals surface area contributed by atoms with Crippen LogP contribution in [-0.4, -0.2) is 45.5 Å². The maximum Gasteiger partial charge on any atom is 0.240 e. The van der Waals surface area contributed by atoms with E-state index in [1.54, 1.807) is 0 Å². The summed E-state index contributed by atoms with van der Waals surface area (Å²) in [5, 5.41) is 3.30. The lowest BCUT2D eigenvalue weighted by Crippen LogP contribution is -2.47. The molecule has 0 spiro atoms. The third kappa shape index (κ3) is 2.81. The topological polar surface area (TPSA) is 50.2 Å². The number of nitrogens with one attached hydrogen (secondary N) is 1. The van der Waals surface area contributed by atoms with Gasteiger partial charge >= 0.3 is 0 Å². The van der Waals surface area contributed by atoms with Crippen molar-refractivity contribution in [3.8, 4) is 0 Å². The first-order chi connectivity index (χ1) is 11.8. The number of para-hydroxylation sites is 2. The first kappa shape index (κ1) is 15.6. The molecule has 2 atom stereocenters. The molecule has 0 unspecified atom stereocenters. The van der Waals surface area contributed by atoms with Crippen LogP contribution in [0.3, 0.4) is 0 Å². The van der Waals surface area contributed by atoms with Gasteiger partial charge in [-0.3, -0.25) is 9.69 Å². The highest BCUT2D eigenvalue weighted by atomic mass is 16.2. The number of imidazole rings is 1. The van der Waals surface area contributed by atoms with E-state index in [-0.39, 0.29) is 5.91 Å². The van der Waals surface area contributed by atoms with Crippen LogP contribution in [0.1, 0.15) is 38.4 Å². The zero-order valence-electron chi connectivity index (χ0n) is 14.4. The van der Waals surface area contributed by atoms with Gasteiger partial charge in [0.25, 0.3) is 0 Å². The van der Waals surface area contributed by atoms with Gasteiger partial charge in [0.05, 0.1) is 11.0 Å². The fraction of sp³-hybridized carbons (Fsp3) is 0.579. The molecule has 24 heavy (non-hydrogen) atoms. The molecule has 1 amide bonds. The number of hydrogen-bond acceptors (Lipinski definition) is 3. The summed E-state index contributed by atoms with van der Waals surface area (Å²) in [5.41, 5.74) is 2.02. The van der Waals surface area contributed by atoms with Gasteiger partial charge in [-0.2, -0.15) is 0 Å². The Morgan fingerprint density at radius 1 is 1.25 bits per heavy atom. The van der Waals surface area contributed by atoms with Crippen LogP contribution in [0, 0.1) is 0 Å². The molecule has 0 bridgehead atoms. The van der Waals surface area contributed by atoms with Crippen LogP contribution in [-0.2, 0) is 17.8 Å². The summed E-state index contributed by atoms with van der Waals surface area (Å²) in [6.45, 7) is 4.78. The van der Waals surface area contributed by atoms with Gasteiger partial charge in [0.2, 0.25) is 5.91 Å². The Hall–Kier alpha value is -1.88. The van der Waals surface area contributed by atoms with E-state index in [2.05, 4.69) is 26.7 Å². The molecule has 128 valence electrons. The van der Waals surface area contributed by atoms with Crippen molar-refractivity contribution in [1.82, 2.24) is 19.8 Å². The fourth-order valence-corrected chi connectivity index (χ4v) is 4.38. The Morgan fingerprint density at radius 2 is 2.12 bits per heavy atom. The average Bonchev–Trinajstić information content (AvgIpc) is 3.17. The van der Waals surface area contributed by atoms with Crippen molar-refractivity contribution in [2.45, 2.75) is 57.7 Å². The van der Waals surface area contributed by atoms with E-state index in [1.807, 2.05) is 24.3 Å². The number of aromatic nitrogens is 2. The number of carbonyl (C=O) groups excluding carboxylic acids is 1. The zero-order valence-corrected chi connectivity index (χ0v) is 14.4. The lowest BCUT2D eigenvalue weighted by atomic mass is 9.99. The van der Waals surface area contributed by atoms with Crippen molar-refractivity contribution in [1.29, 1.82) is 0 Å². The van der Waals surface area contributed by atoms with Crippen molar-refractivity contribution >= 4 is 16.9 Å². The Balaban J connectivity index is 1.48. The van der Waals surface area contributed by atoms with E-state index in [1.165, 1.54) is 25.8 Å². The molecule has 1 aromatic heterocycles. The number of aryl methyl sites for hydroxylation is 1. The molecule has 2 fully saturated rings. The summed E-state index contributed by atoms with van der Waals surface area (Å²) in [5.74, 6) is 1.10. The minimum absolute atomic E-state index is 0.116. The summed E-state index contributed by atoms with van der Waals surface area (Å²) in [6.07, 6.45) is 5.74. The van der Waals surface area contributed by atoms with Gasteiger partial charge in [-0.25, -0.2) is 4.98 Å². The van der Waals surface area contributed by atoms with E-state index in [0.29, 0.717) is 18.6 Å². The van der Waals surface area contributed by atoms with E-state index in [4.69, 9.17) is 0 Å². The molecule has 1 aromatic carbocycles. The molecule has 2 saturated heterocycles. The van der Waals surface area contributed by atoms with Crippen molar-refractivity contribution in [2.24, 2.45) is 0 Å². The SMILES string of the molecule is CCc1nc2ccccc2n1CC(=O)N[C@H]1CCN2CCCC[C@@H]12. The lowest BCUT2D eigenvalue weighted by Gasteiger charge is -2.32. The predicted molar refractivity (Wildman–Crippen MR) is 94.9 cm³/mol. The number of piperidine rings is 1. The standard InChI is InChI=1S/C19H26N4O/c1-2-18-20-14-7-3-4-9-17(14)23(18)13-19(24)21-15-10-12-22-11-6-5-8-16(15)22/h3-4,7,9,15-16H,2,5-6,8,10-13H2,1H3,(H,21,24)/t15-,16-/m0/s1. The third-order valence-electron chi connectivity index (χ3n) is 5.55. The van der Waals surface area contributed by atoms with Crippen LogP contribution < -0.4 is 5.32 Å². The second-order valence-corrected chi connectivity index (χ2v) is 7.02. The van der Waals surface area contributed by atoms with Crippen molar-refractivity contribution < 1.29 is 4.79 Å². The highest BCUT2D eigenvalue weighted by Crippen LogP contribution is 2.27. The minimum Gasteiger partial charge on any atom is -0.350 e. The van der Waals surface area contributed by atoms with E-state index in [0.717, 1.165) is 36.2 Å². The summed E-state index contributed by atoms with van der Waals surface area (Å²) >= 11 is 0.